The van der Waals surface area contributed by atoms with Gasteiger partial charge in [-0.15, -0.1) is 0 Å². The second kappa shape index (κ2) is 4.69. The zero-order valence-electron chi connectivity index (χ0n) is 8.98. The monoisotopic (exact) mass is 200 g/mol. The minimum Gasteiger partial charge on any atom is -0.374 e. The van der Waals surface area contributed by atoms with Crippen molar-refractivity contribution in [2.75, 3.05) is 18.9 Å². The molecule has 0 radical (unpaired) electrons. The first kappa shape index (κ1) is 9.84. The van der Waals surface area contributed by atoms with Crippen LogP contribution in [0.1, 0.15) is 6.42 Å². The molecule has 0 aliphatic carbocycles. The van der Waals surface area contributed by atoms with E-state index in [1.54, 1.807) is 0 Å². The van der Waals surface area contributed by atoms with Gasteiger partial charge >= 0.3 is 0 Å². The predicted octanol–water partition coefficient (Wildman–Crippen LogP) is 2.83. The van der Waals surface area contributed by atoms with Crippen molar-refractivity contribution in [3.63, 3.8) is 0 Å². The van der Waals surface area contributed by atoms with Gasteiger partial charge < -0.3 is 10.2 Å². The summed E-state index contributed by atoms with van der Waals surface area (Å²) in [6, 6.07) is 10.2. The third-order valence-electron chi connectivity index (χ3n) is 2.54. The van der Waals surface area contributed by atoms with E-state index in [1.165, 1.54) is 5.70 Å². The SMILES string of the molecule is CN1CCC=C1C=CNc1ccccc1. The topological polar surface area (TPSA) is 15.3 Å². The Hall–Kier alpha value is -1.70. The van der Waals surface area contributed by atoms with Gasteiger partial charge in [-0.3, -0.25) is 0 Å². The lowest BCUT2D eigenvalue weighted by atomic mass is 10.3. The van der Waals surface area contributed by atoms with Gasteiger partial charge in [0.25, 0.3) is 0 Å². The summed E-state index contributed by atoms with van der Waals surface area (Å²) in [6.07, 6.45) is 7.51. The lowest BCUT2D eigenvalue weighted by molar-refractivity contribution is 0.471. The van der Waals surface area contributed by atoms with E-state index in [2.05, 4.69) is 41.5 Å². The molecule has 0 spiro atoms. The van der Waals surface area contributed by atoms with Crippen molar-refractivity contribution in [1.29, 1.82) is 0 Å². The number of hydrogen-bond donors (Lipinski definition) is 1. The second-order valence-electron chi connectivity index (χ2n) is 3.68. The fraction of sp³-hybridized carbons (Fsp3) is 0.231. The van der Waals surface area contributed by atoms with Crippen LogP contribution in [0.5, 0.6) is 0 Å². The van der Waals surface area contributed by atoms with Gasteiger partial charge in [0.05, 0.1) is 0 Å². The van der Waals surface area contributed by atoms with Crippen LogP contribution in [0.4, 0.5) is 5.69 Å². The Morgan fingerprint density at radius 2 is 2.07 bits per heavy atom. The van der Waals surface area contributed by atoms with Gasteiger partial charge in [0.15, 0.2) is 0 Å². The molecule has 0 atom stereocenters. The summed E-state index contributed by atoms with van der Waals surface area (Å²) in [7, 11) is 2.12. The maximum Gasteiger partial charge on any atom is 0.0379 e. The molecular weight excluding hydrogens is 184 g/mol. The standard InChI is InChI=1S/C13H16N2/c1-15-11-5-8-13(15)9-10-14-12-6-3-2-4-7-12/h2-4,6-10,14H,5,11H2,1H3. The fourth-order valence-corrected chi connectivity index (χ4v) is 1.64. The molecule has 0 unspecified atom stereocenters. The number of allylic oxidation sites excluding steroid dienone is 1. The van der Waals surface area contributed by atoms with Crippen molar-refractivity contribution >= 4 is 5.69 Å². The maximum absolute atomic E-state index is 3.24. The molecule has 1 aliphatic heterocycles. The van der Waals surface area contributed by atoms with Crippen molar-refractivity contribution in [2.45, 2.75) is 6.42 Å². The number of nitrogens with zero attached hydrogens (tertiary/aromatic N) is 1. The van der Waals surface area contributed by atoms with E-state index in [1.807, 2.05) is 24.4 Å². The molecule has 1 heterocycles. The average Bonchev–Trinajstić information content (AvgIpc) is 2.66. The largest absolute Gasteiger partial charge is 0.374 e. The van der Waals surface area contributed by atoms with Crippen molar-refractivity contribution < 1.29 is 0 Å². The highest BCUT2D eigenvalue weighted by atomic mass is 15.1. The number of rotatable bonds is 3. The molecule has 0 bridgehead atoms. The molecule has 0 saturated heterocycles. The number of nitrogens with one attached hydrogen (secondary N) is 1. The molecule has 78 valence electrons. The molecule has 0 amide bonds. The molecular formula is C13H16N2. The van der Waals surface area contributed by atoms with Gasteiger partial charge in [-0.25, -0.2) is 0 Å². The number of para-hydroxylation sites is 1. The molecule has 0 aromatic heterocycles. The minimum atomic E-state index is 1.12. The van der Waals surface area contributed by atoms with Crippen molar-refractivity contribution in [1.82, 2.24) is 4.90 Å². The Morgan fingerprint density at radius 1 is 1.27 bits per heavy atom. The van der Waals surface area contributed by atoms with E-state index in [9.17, 15) is 0 Å². The molecule has 2 heteroatoms. The van der Waals surface area contributed by atoms with Crippen LogP contribution in [0, 0.1) is 0 Å². The smallest absolute Gasteiger partial charge is 0.0379 e. The van der Waals surface area contributed by atoms with Crippen molar-refractivity contribution in [3.05, 3.63) is 54.4 Å². The molecule has 1 aliphatic rings. The molecule has 1 aromatic rings. The Balaban J connectivity index is 1.91. The third kappa shape index (κ3) is 2.62. The van der Waals surface area contributed by atoms with Crippen LogP contribution in [-0.4, -0.2) is 18.5 Å². The average molecular weight is 200 g/mol. The minimum absolute atomic E-state index is 1.12. The number of likely N-dealkylation sites (N-methyl/N-ethyl adjacent to an activating group) is 1. The Labute approximate surface area is 90.9 Å². The van der Waals surface area contributed by atoms with Crippen LogP contribution in [-0.2, 0) is 0 Å². The van der Waals surface area contributed by atoms with E-state index >= 15 is 0 Å². The molecule has 1 N–H and O–H groups in total. The number of benzene rings is 1. The van der Waals surface area contributed by atoms with Gasteiger partial charge in [-0.1, -0.05) is 24.3 Å². The zero-order chi connectivity index (χ0) is 10.5. The molecule has 0 fully saturated rings. The van der Waals surface area contributed by atoms with Crippen molar-refractivity contribution in [3.8, 4) is 0 Å². The van der Waals surface area contributed by atoms with Gasteiger partial charge in [-0.2, -0.15) is 0 Å². The Kier molecular flexibility index (Phi) is 3.08. The highest BCUT2D eigenvalue weighted by Gasteiger charge is 2.05. The molecule has 15 heavy (non-hydrogen) atoms. The zero-order valence-corrected chi connectivity index (χ0v) is 8.98. The summed E-state index contributed by atoms with van der Waals surface area (Å²) in [5.74, 6) is 0. The molecule has 1 aromatic carbocycles. The van der Waals surface area contributed by atoms with Crippen molar-refractivity contribution in [2.24, 2.45) is 0 Å². The van der Waals surface area contributed by atoms with E-state index in [0.717, 1.165) is 18.7 Å². The van der Waals surface area contributed by atoms with Crippen LogP contribution in [0.3, 0.4) is 0 Å². The first-order valence-electron chi connectivity index (χ1n) is 5.26. The van der Waals surface area contributed by atoms with Gasteiger partial charge in [0.2, 0.25) is 0 Å². The summed E-state index contributed by atoms with van der Waals surface area (Å²) < 4.78 is 0. The highest BCUT2D eigenvalue weighted by molar-refractivity contribution is 5.45. The fourth-order valence-electron chi connectivity index (χ4n) is 1.64. The Bertz CT molecular complexity index is 365. The van der Waals surface area contributed by atoms with Gasteiger partial charge in [-0.05, 0) is 24.6 Å². The Morgan fingerprint density at radius 3 is 2.73 bits per heavy atom. The molecule has 0 saturated carbocycles. The molecule has 2 nitrogen and oxygen atoms in total. The maximum atomic E-state index is 3.24. The summed E-state index contributed by atoms with van der Waals surface area (Å²) >= 11 is 0. The first-order valence-corrected chi connectivity index (χ1v) is 5.26. The van der Waals surface area contributed by atoms with E-state index < -0.39 is 0 Å². The first-order chi connectivity index (χ1) is 7.36. The third-order valence-corrected chi connectivity index (χ3v) is 2.54. The van der Waals surface area contributed by atoms with Crippen LogP contribution >= 0.6 is 0 Å². The van der Waals surface area contributed by atoms with Crippen LogP contribution in [0.2, 0.25) is 0 Å². The predicted molar refractivity (Wildman–Crippen MR) is 64.5 cm³/mol. The highest BCUT2D eigenvalue weighted by Crippen LogP contribution is 2.13. The summed E-state index contributed by atoms with van der Waals surface area (Å²) in [5.41, 5.74) is 2.41. The summed E-state index contributed by atoms with van der Waals surface area (Å²) in [5, 5.41) is 3.24. The second-order valence-corrected chi connectivity index (χ2v) is 3.68. The van der Waals surface area contributed by atoms with Crippen LogP contribution in [0.15, 0.2) is 54.4 Å². The normalized spacial score (nSPS) is 15.8. The van der Waals surface area contributed by atoms with E-state index in [-0.39, 0.29) is 0 Å². The lowest BCUT2D eigenvalue weighted by Crippen LogP contribution is -2.11. The van der Waals surface area contributed by atoms with Gasteiger partial charge in [0.1, 0.15) is 0 Å². The van der Waals surface area contributed by atoms with E-state index in [0.29, 0.717) is 0 Å². The summed E-state index contributed by atoms with van der Waals surface area (Å²) in [4.78, 5) is 2.25. The van der Waals surface area contributed by atoms with Gasteiger partial charge in [0, 0.05) is 31.2 Å². The molecule has 2 rings (SSSR count). The number of hydrogen-bond acceptors (Lipinski definition) is 2. The van der Waals surface area contributed by atoms with E-state index in [4.69, 9.17) is 0 Å². The van der Waals surface area contributed by atoms with Crippen LogP contribution < -0.4 is 5.32 Å². The summed E-state index contributed by atoms with van der Waals surface area (Å²) in [6.45, 7) is 1.13. The number of anilines is 1. The quantitative estimate of drug-likeness (QED) is 0.807. The lowest BCUT2D eigenvalue weighted by Gasteiger charge is -2.12. The van der Waals surface area contributed by atoms with Crippen LogP contribution in [0.25, 0.3) is 0 Å².